The Morgan fingerprint density at radius 1 is 1.29 bits per heavy atom. The van der Waals surface area contributed by atoms with Gasteiger partial charge in [-0.25, -0.2) is 14.8 Å². The van der Waals surface area contributed by atoms with Gasteiger partial charge in [0.1, 0.15) is 5.82 Å². The third-order valence-electron chi connectivity index (χ3n) is 2.02. The maximum absolute atomic E-state index is 11.3. The van der Waals surface area contributed by atoms with Crippen LogP contribution in [0.25, 0.3) is 0 Å². The van der Waals surface area contributed by atoms with Crippen LogP contribution >= 0.6 is 0 Å². The monoisotopic (exact) mass is 190 g/mol. The highest BCUT2D eigenvalue weighted by Gasteiger charge is 2.01. The molecule has 2 aromatic rings. The number of imidazole rings is 1. The molecule has 5 heteroatoms. The molecule has 0 aliphatic rings. The molecule has 0 aliphatic carbocycles. The van der Waals surface area contributed by atoms with Crippen LogP contribution in [0.15, 0.2) is 35.6 Å². The van der Waals surface area contributed by atoms with E-state index in [0.717, 1.165) is 5.82 Å². The number of rotatable bonds is 2. The molecule has 2 heterocycles. The standard InChI is InChI=1S/C9H10N4O/c1-12-6-4-10-8(12)7-13-5-2-3-11-9(13)14/h2-6H,7H2,1H3. The van der Waals surface area contributed by atoms with E-state index in [2.05, 4.69) is 9.97 Å². The predicted octanol–water partition coefficient (Wildman–Crippen LogP) is 0.0251. The van der Waals surface area contributed by atoms with Crippen molar-refractivity contribution in [1.82, 2.24) is 19.1 Å². The summed E-state index contributed by atoms with van der Waals surface area (Å²) in [6.45, 7) is 0.455. The van der Waals surface area contributed by atoms with Crippen LogP contribution in [0, 0.1) is 0 Å². The maximum Gasteiger partial charge on any atom is 0.347 e. The summed E-state index contributed by atoms with van der Waals surface area (Å²) in [5.41, 5.74) is -0.254. The Labute approximate surface area is 80.7 Å². The fourth-order valence-corrected chi connectivity index (χ4v) is 1.21. The van der Waals surface area contributed by atoms with Crippen molar-refractivity contribution in [3.05, 3.63) is 47.2 Å². The molecule has 0 atom stereocenters. The van der Waals surface area contributed by atoms with Gasteiger partial charge in [0.25, 0.3) is 0 Å². The molecule has 0 aromatic carbocycles. The molecule has 5 nitrogen and oxygen atoms in total. The van der Waals surface area contributed by atoms with Crippen molar-refractivity contribution in [3.8, 4) is 0 Å². The van der Waals surface area contributed by atoms with Crippen LogP contribution in [-0.2, 0) is 13.6 Å². The zero-order chi connectivity index (χ0) is 9.97. The quantitative estimate of drug-likeness (QED) is 0.671. The summed E-state index contributed by atoms with van der Waals surface area (Å²) < 4.78 is 3.39. The Balaban J connectivity index is 2.32. The minimum Gasteiger partial charge on any atom is -0.337 e. The average Bonchev–Trinajstić information content (AvgIpc) is 2.56. The summed E-state index contributed by atoms with van der Waals surface area (Å²) in [6.07, 6.45) is 6.73. The van der Waals surface area contributed by atoms with Crippen LogP contribution in [0.2, 0.25) is 0 Å². The van der Waals surface area contributed by atoms with Crippen molar-refractivity contribution < 1.29 is 0 Å². The molecule has 2 rings (SSSR count). The SMILES string of the molecule is Cn1ccnc1Cn1cccnc1=O. The van der Waals surface area contributed by atoms with Gasteiger partial charge in [0, 0.05) is 31.8 Å². The summed E-state index contributed by atoms with van der Waals surface area (Å²) >= 11 is 0. The second kappa shape index (κ2) is 3.45. The number of aromatic nitrogens is 4. The highest BCUT2D eigenvalue weighted by atomic mass is 16.1. The van der Waals surface area contributed by atoms with Crippen LogP contribution in [0.5, 0.6) is 0 Å². The number of hydrogen-bond acceptors (Lipinski definition) is 3. The van der Waals surface area contributed by atoms with Crippen molar-refractivity contribution in [1.29, 1.82) is 0 Å². The average molecular weight is 190 g/mol. The third-order valence-corrected chi connectivity index (χ3v) is 2.02. The lowest BCUT2D eigenvalue weighted by Crippen LogP contribution is -2.23. The second-order valence-corrected chi connectivity index (χ2v) is 2.98. The number of aryl methyl sites for hydroxylation is 1. The molecule has 0 saturated heterocycles. The van der Waals surface area contributed by atoms with Gasteiger partial charge in [-0.1, -0.05) is 0 Å². The first kappa shape index (κ1) is 8.68. The highest BCUT2D eigenvalue weighted by Crippen LogP contribution is 1.95. The van der Waals surface area contributed by atoms with Gasteiger partial charge >= 0.3 is 5.69 Å². The fraction of sp³-hybridized carbons (Fsp3) is 0.222. The van der Waals surface area contributed by atoms with E-state index in [-0.39, 0.29) is 5.69 Å². The topological polar surface area (TPSA) is 52.7 Å². The van der Waals surface area contributed by atoms with E-state index in [9.17, 15) is 4.79 Å². The number of hydrogen-bond donors (Lipinski definition) is 0. The molecule has 0 aliphatic heterocycles. The number of nitrogens with zero attached hydrogens (tertiary/aromatic N) is 4. The predicted molar refractivity (Wildman–Crippen MR) is 50.8 cm³/mol. The van der Waals surface area contributed by atoms with Crippen LogP contribution in [0.3, 0.4) is 0 Å². The van der Waals surface area contributed by atoms with Crippen molar-refractivity contribution in [2.75, 3.05) is 0 Å². The van der Waals surface area contributed by atoms with E-state index in [1.807, 2.05) is 17.8 Å². The molecular weight excluding hydrogens is 180 g/mol. The van der Waals surface area contributed by atoms with Gasteiger partial charge in [0.05, 0.1) is 6.54 Å². The first-order valence-electron chi connectivity index (χ1n) is 4.25. The maximum atomic E-state index is 11.3. The molecule has 0 bridgehead atoms. The Morgan fingerprint density at radius 3 is 2.79 bits per heavy atom. The molecule has 0 saturated carbocycles. The van der Waals surface area contributed by atoms with Crippen molar-refractivity contribution in [3.63, 3.8) is 0 Å². The molecular formula is C9H10N4O. The minimum absolute atomic E-state index is 0.254. The molecule has 0 spiro atoms. The van der Waals surface area contributed by atoms with Gasteiger partial charge < -0.3 is 4.57 Å². The van der Waals surface area contributed by atoms with Crippen LogP contribution < -0.4 is 5.69 Å². The van der Waals surface area contributed by atoms with E-state index in [1.165, 1.54) is 10.8 Å². The zero-order valence-electron chi connectivity index (χ0n) is 7.79. The zero-order valence-corrected chi connectivity index (χ0v) is 7.79. The van der Waals surface area contributed by atoms with E-state index < -0.39 is 0 Å². The molecule has 2 aromatic heterocycles. The fourth-order valence-electron chi connectivity index (χ4n) is 1.21. The van der Waals surface area contributed by atoms with Crippen molar-refractivity contribution in [2.24, 2.45) is 7.05 Å². The van der Waals surface area contributed by atoms with E-state index in [4.69, 9.17) is 0 Å². The van der Waals surface area contributed by atoms with Crippen LogP contribution in [-0.4, -0.2) is 19.1 Å². The van der Waals surface area contributed by atoms with Gasteiger partial charge in [-0.15, -0.1) is 0 Å². The van der Waals surface area contributed by atoms with Crippen LogP contribution in [0.1, 0.15) is 5.82 Å². The molecule has 14 heavy (non-hydrogen) atoms. The largest absolute Gasteiger partial charge is 0.347 e. The first-order valence-corrected chi connectivity index (χ1v) is 4.25. The van der Waals surface area contributed by atoms with Crippen LogP contribution in [0.4, 0.5) is 0 Å². The lowest BCUT2D eigenvalue weighted by molar-refractivity contribution is 0.661. The molecule has 0 unspecified atom stereocenters. The third kappa shape index (κ3) is 1.56. The molecule has 0 fully saturated rings. The Hall–Kier alpha value is -1.91. The summed E-state index contributed by atoms with van der Waals surface area (Å²) in [6, 6.07) is 1.73. The second-order valence-electron chi connectivity index (χ2n) is 2.98. The Kier molecular flexibility index (Phi) is 2.14. The van der Waals surface area contributed by atoms with Gasteiger partial charge in [-0.05, 0) is 6.07 Å². The van der Waals surface area contributed by atoms with E-state index >= 15 is 0 Å². The molecule has 72 valence electrons. The van der Waals surface area contributed by atoms with Gasteiger partial charge in [-0.2, -0.15) is 0 Å². The van der Waals surface area contributed by atoms with E-state index in [1.54, 1.807) is 18.5 Å². The minimum atomic E-state index is -0.254. The highest BCUT2D eigenvalue weighted by molar-refractivity contribution is 4.93. The molecule has 0 amide bonds. The van der Waals surface area contributed by atoms with Gasteiger partial charge in [0.2, 0.25) is 0 Å². The normalized spacial score (nSPS) is 10.4. The smallest absolute Gasteiger partial charge is 0.337 e. The lowest BCUT2D eigenvalue weighted by Gasteiger charge is -2.03. The summed E-state index contributed by atoms with van der Waals surface area (Å²) in [5, 5.41) is 0. The van der Waals surface area contributed by atoms with Crippen molar-refractivity contribution >= 4 is 0 Å². The first-order chi connectivity index (χ1) is 6.77. The Bertz CT molecular complexity index is 485. The van der Waals surface area contributed by atoms with Gasteiger partial charge in [-0.3, -0.25) is 4.57 Å². The van der Waals surface area contributed by atoms with E-state index in [0.29, 0.717) is 6.54 Å². The summed E-state index contributed by atoms with van der Waals surface area (Å²) in [7, 11) is 1.89. The summed E-state index contributed by atoms with van der Waals surface area (Å²) in [4.78, 5) is 19.1. The van der Waals surface area contributed by atoms with Gasteiger partial charge in [0.15, 0.2) is 0 Å². The Morgan fingerprint density at radius 2 is 2.14 bits per heavy atom. The summed E-state index contributed by atoms with van der Waals surface area (Å²) in [5.74, 6) is 0.833. The molecule has 0 radical (unpaired) electrons. The molecule has 0 N–H and O–H groups in total. The van der Waals surface area contributed by atoms with Crippen molar-refractivity contribution in [2.45, 2.75) is 6.54 Å². The lowest BCUT2D eigenvalue weighted by atomic mass is 10.5.